The van der Waals surface area contributed by atoms with Crippen LogP contribution >= 0.6 is 11.3 Å². The number of ether oxygens (including phenoxy) is 3. The normalized spacial score (nSPS) is 10.8. The van der Waals surface area contributed by atoms with Crippen LogP contribution in [0.3, 0.4) is 0 Å². The van der Waals surface area contributed by atoms with Crippen LogP contribution in [0.1, 0.15) is 43.6 Å². The lowest BCUT2D eigenvalue weighted by Crippen LogP contribution is -2.15. The Bertz CT molecular complexity index is 1220. The molecule has 0 saturated carbocycles. The molecule has 3 aromatic rings. The Morgan fingerprint density at radius 1 is 1.03 bits per heavy atom. The van der Waals surface area contributed by atoms with Crippen molar-refractivity contribution in [3.63, 3.8) is 0 Å². The third-order valence-electron chi connectivity index (χ3n) is 5.23. The van der Waals surface area contributed by atoms with Crippen molar-refractivity contribution >= 4 is 28.2 Å². The third kappa shape index (κ3) is 5.36. The number of methoxy groups -OCH3 is 1. The highest BCUT2D eigenvalue weighted by atomic mass is 32.1. The van der Waals surface area contributed by atoms with Gasteiger partial charge < -0.3 is 19.5 Å². The van der Waals surface area contributed by atoms with Crippen LogP contribution in [0.4, 0.5) is 13.8 Å². The molecule has 0 atom stereocenters. The van der Waals surface area contributed by atoms with E-state index in [4.69, 9.17) is 9.47 Å². The fourth-order valence-electron chi connectivity index (χ4n) is 3.45. The molecule has 1 N–H and O–H groups in total. The number of alkyl halides is 2. The number of hydrogen-bond acceptors (Lipinski definition) is 6. The van der Waals surface area contributed by atoms with E-state index in [-0.39, 0.29) is 29.2 Å². The molecule has 1 aromatic heterocycles. The second-order valence-electron chi connectivity index (χ2n) is 7.46. The average Bonchev–Trinajstić information content (AvgIpc) is 3.11. The van der Waals surface area contributed by atoms with Gasteiger partial charge in [-0.2, -0.15) is 8.78 Å². The minimum absolute atomic E-state index is 0.0169. The second kappa shape index (κ2) is 10.6. The number of rotatable bonds is 8. The molecule has 0 spiro atoms. The zero-order chi connectivity index (χ0) is 25.0. The van der Waals surface area contributed by atoms with Gasteiger partial charge in [0.05, 0.1) is 13.7 Å². The highest BCUT2D eigenvalue weighted by Gasteiger charge is 2.26. The van der Waals surface area contributed by atoms with Crippen LogP contribution in [-0.2, 0) is 4.74 Å². The van der Waals surface area contributed by atoms with Crippen LogP contribution in [0.15, 0.2) is 36.4 Å². The summed E-state index contributed by atoms with van der Waals surface area (Å²) < 4.78 is 39.9. The Hall–Kier alpha value is -3.46. The van der Waals surface area contributed by atoms with Gasteiger partial charge in [0.1, 0.15) is 10.6 Å². The summed E-state index contributed by atoms with van der Waals surface area (Å²) in [7, 11) is 1.28. The Morgan fingerprint density at radius 2 is 1.76 bits per heavy atom. The predicted molar refractivity (Wildman–Crippen MR) is 128 cm³/mol. The van der Waals surface area contributed by atoms with Crippen LogP contribution in [0.25, 0.3) is 11.1 Å². The van der Waals surface area contributed by atoms with Crippen molar-refractivity contribution in [3.05, 3.63) is 63.5 Å². The van der Waals surface area contributed by atoms with Gasteiger partial charge in [0.25, 0.3) is 5.91 Å². The Kier molecular flexibility index (Phi) is 7.88. The number of nitrogens with one attached hydrogen (secondary N) is 1. The van der Waals surface area contributed by atoms with Gasteiger partial charge >= 0.3 is 12.6 Å². The highest BCUT2D eigenvalue weighted by Crippen LogP contribution is 2.41. The van der Waals surface area contributed by atoms with Crippen molar-refractivity contribution in [1.82, 2.24) is 0 Å². The van der Waals surface area contributed by atoms with Crippen molar-refractivity contribution in [2.45, 2.75) is 34.3 Å². The van der Waals surface area contributed by atoms with Gasteiger partial charge in [-0.05, 0) is 62.6 Å². The van der Waals surface area contributed by atoms with E-state index < -0.39 is 18.5 Å². The van der Waals surface area contributed by atoms with Crippen molar-refractivity contribution < 1.29 is 32.6 Å². The van der Waals surface area contributed by atoms with Crippen LogP contribution in [-0.4, -0.2) is 32.2 Å². The number of benzene rings is 2. The van der Waals surface area contributed by atoms with Crippen LogP contribution in [0, 0.1) is 20.8 Å². The molecule has 0 unspecified atom stereocenters. The van der Waals surface area contributed by atoms with Crippen molar-refractivity contribution in [1.29, 1.82) is 0 Å². The summed E-state index contributed by atoms with van der Waals surface area (Å²) >= 11 is 1.26. The maximum atomic E-state index is 13.0. The quantitative estimate of drug-likeness (QED) is 0.372. The molecule has 3 rings (SSSR count). The number of amides is 1. The highest BCUT2D eigenvalue weighted by molar-refractivity contribution is 7.17. The smallest absolute Gasteiger partial charge is 0.387 e. The van der Waals surface area contributed by atoms with E-state index in [1.807, 2.05) is 39.0 Å². The molecule has 2 aromatic carbocycles. The first kappa shape index (κ1) is 25.2. The van der Waals surface area contributed by atoms with Gasteiger partial charge in [-0.15, -0.1) is 11.3 Å². The molecule has 0 radical (unpaired) electrons. The Labute approximate surface area is 200 Å². The summed E-state index contributed by atoms with van der Waals surface area (Å²) in [5.74, 6) is -1.30. The number of carbonyl (C=O) groups excluding carboxylic acids is 2. The van der Waals surface area contributed by atoms with Crippen molar-refractivity contribution in [2.24, 2.45) is 0 Å². The summed E-state index contributed by atoms with van der Waals surface area (Å²) in [4.78, 5) is 26.8. The summed E-state index contributed by atoms with van der Waals surface area (Å²) in [6, 6.07) is 9.76. The minimum atomic E-state index is -3.03. The van der Waals surface area contributed by atoms with E-state index in [1.54, 1.807) is 6.92 Å². The number of aryl methyl sites for hydroxylation is 3. The van der Waals surface area contributed by atoms with Crippen molar-refractivity contribution in [3.8, 4) is 22.6 Å². The van der Waals surface area contributed by atoms with E-state index >= 15 is 0 Å². The molecule has 0 aliphatic heterocycles. The fraction of sp³-hybridized carbons (Fsp3) is 0.280. The van der Waals surface area contributed by atoms with E-state index in [2.05, 4.69) is 10.1 Å². The number of anilines is 1. The molecule has 0 fully saturated rings. The number of hydrogen-bond donors (Lipinski definition) is 1. The zero-order valence-corrected chi connectivity index (χ0v) is 20.3. The van der Waals surface area contributed by atoms with Crippen LogP contribution < -0.4 is 14.8 Å². The molecule has 1 heterocycles. The van der Waals surface area contributed by atoms with E-state index in [9.17, 15) is 18.4 Å². The molecule has 6 nitrogen and oxygen atoms in total. The number of thiophene rings is 1. The molecule has 34 heavy (non-hydrogen) atoms. The van der Waals surface area contributed by atoms with Gasteiger partial charge in [0, 0.05) is 16.0 Å². The van der Waals surface area contributed by atoms with Gasteiger partial charge in [0.15, 0.2) is 11.5 Å². The summed E-state index contributed by atoms with van der Waals surface area (Å²) in [5, 5.41) is 3.10. The lowest BCUT2D eigenvalue weighted by Gasteiger charge is -2.12. The first-order valence-electron chi connectivity index (χ1n) is 10.5. The summed E-state index contributed by atoms with van der Waals surface area (Å²) in [6.07, 6.45) is 0. The molecule has 1 amide bonds. The second-order valence-corrected chi connectivity index (χ2v) is 8.68. The molecule has 180 valence electrons. The first-order valence-corrected chi connectivity index (χ1v) is 11.3. The zero-order valence-electron chi connectivity index (χ0n) is 19.5. The lowest BCUT2D eigenvalue weighted by molar-refractivity contribution is -0.0512. The van der Waals surface area contributed by atoms with Gasteiger partial charge in [-0.3, -0.25) is 4.79 Å². The molecule has 0 aliphatic rings. The number of carbonyl (C=O) groups is 2. The Morgan fingerprint density at radius 3 is 2.38 bits per heavy atom. The topological polar surface area (TPSA) is 73.9 Å². The first-order chi connectivity index (χ1) is 16.2. The molecule has 0 bridgehead atoms. The molecular formula is C25H25F2NO5S. The lowest BCUT2D eigenvalue weighted by atomic mass is 9.97. The van der Waals surface area contributed by atoms with E-state index in [1.165, 1.54) is 36.6 Å². The summed E-state index contributed by atoms with van der Waals surface area (Å²) in [6.45, 7) is 4.72. The SMILES string of the molecule is CCOC(=O)c1c(NC(=O)c2ccc(OC(F)F)c(OC)c2)sc(C)c1-c1ccc(C)c(C)c1. The number of esters is 1. The maximum absolute atomic E-state index is 13.0. The van der Waals surface area contributed by atoms with Crippen LogP contribution in [0.5, 0.6) is 11.5 Å². The minimum Gasteiger partial charge on any atom is -0.493 e. The molecule has 9 heteroatoms. The van der Waals surface area contributed by atoms with E-state index in [0.29, 0.717) is 10.6 Å². The largest absolute Gasteiger partial charge is 0.493 e. The van der Waals surface area contributed by atoms with E-state index in [0.717, 1.165) is 21.6 Å². The summed E-state index contributed by atoms with van der Waals surface area (Å²) in [5.41, 5.74) is 4.14. The third-order valence-corrected chi connectivity index (χ3v) is 6.25. The van der Waals surface area contributed by atoms with Gasteiger partial charge in [0.2, 0.25) is 0 Å². The monoisotopic (exact) mass is 489 g/mol. The molecular weight excluding hydrogens is 464 g/mol. The van der Waals surface area contributed by atoms with Gasteiger partial charge in [-0.25, -0.2) is 4.79 Å². The van der Waals surface area contributed by atoms with Crippen LogP contribution in [0.2, 0.25) is 0 Å². The average molecular weight is 490 g/mol. The molecule has 0 saturated heterocycles. The maximum Gasteiger partial charge on any atom is 0.387 e. The molecule has 0 aliphatic carbocycles. The number of halogens is 2. The predicted octanol–water partition coefficient (Wildman–Crippen LogP) is 6.38. The Balaban J connectivity index is 2.02. The fourth-order valence-corrected chi connectivity index (χ4v) is 4.51. The van der Waals surface area contributed by atoms with Crippen molar-refractivity contribution in [2.75, 3.05) is 19.0 Å². The van der Waals surface area contributed by atoms with Gasteiger partial charge in [-0.1, -0.05) is 18.2 Å². The standard InChI is InChI=1S/C25H25F2NO5S/c1-6-32-24(30)21-20(16-8-7-13(2)14(3)11-16)15(4)34-23(21)28-22(29)17-9-10-18(33-25(26)27)19(12-17)31-5/h7-12,25H,6H2,1-5H3,(H,28,29).